The molecule has 0 unspecified atom stereocenters. The molecule has 2 amide bonds. The van der Waals surface area contributed by atoms with E-state index in [0.29, 0.717) is 19.3 Å². The number of halogens is 3. The molecule has 0 bridgehead atoms. The number of amides is 2. The summed E-state index contributed by atoms with van der Waals surface area (Å²) in [5.41, 5.74) is -4.46. The topological polar surface area (TPSA) is 75.7 Å². The average Bonchev–Trinajstić information content (AvgIpc) is 2.74. The van der Waals surface area contributed by atoms with Gasteiger partial charge in [-0.15, -0.1) is 0 Å². The number of alkyl halides is 3. The van der Waals surface area contributed by atoms with Crippen molar-refractivity contribution in [3.63, 3.8) is 0 Å². The molecule has 0 aliphatic carbocycles. The first kappa shape index (κ1) is 21.0. The number of esters is 1. The normalized spacial score (nSPS) is 20.9. The molecule has 142 valence electrons. The van der Waals surface area contributed by atoms with Crippen LogP contribution in [0.5, 0.6) is 0 Å². The molecule has 0 fully saturated rings. The molecule has 0 aromatic rings. The zero-order valence-electron chi connectivity index (χ0n) is 14.7. The van der Waals surface area contributed by atoms with Gasteiger partial charge in [0.05, 0.1) is 7.11 Å². The molecule has 0 saturated heterocycles. The number of ether oxygens (including phenoxy) is 1. The van der Waals surface area contributed by atoms with Crippen molar-refractivity contribution in [2.24, 2.45) is 0 Å². The Morgan fingerprint density at radius 1 is 1.24 bits per heavy atom. The van der Waals surface area contributed by atoms with Crippen molar-refractivity contribution in [2.45, 2.75) is 58.2 Å². The lowest BCUT2D eigenvalue weighted by Crippen LogP contribution is -2.66. The number of methoxy groups -OCH3 is 1. The summed E-state index contributed by atoms with van der Waals surface area (Å²) in [5, 5.41) is 1.79. The second-order valence-electron chi connectivity index (χ2n) is 5.81. The SMILES string of the molecule is CCCCC(=O)N[C@@]1(C(F)(F)F)C(=O)N(CCC)C(C)=C1C(=O)OC. The van der Waals surface area contributed by atoms with Gasteiger partial charge in [-0.05, 0) is 19.8 Å². The molecular formula is C16H23F3N2O4. The van der Waals surface area contributed by atoms with E-state index in [-0.39, 0.29) is 18.7 Å². The number of carbonyl (C=O) groups excluding carboxylic acids is 3. The van der Waals surface area contributed by atoms with Gasteiger partial charge < -0.3 is 15.0 Å². The molecule has 0 aromatic carbocycles. The van der Waals surface area contributed by atoms with Gasteiger partial charge in [-0.2, -0.15) is 13.2 Å². The van der Waals surface area contributed by atoms with Gasteiger partial charge in [0, 0.05) is 18.7 Å². The van der Waals surface area contributed by atoms with Crippen molar-refractivity contribution in [1.82, 2.24) is 10.2 Å². The van der Waals surface area contributed by atoms with E-state index in [1.807, 2.05) is 0 Å². The van der Waals surface area contributed by atoms with Crippen molar-refractivity contribution in [3.8, 4) is 0 Å². The summed E-state index contributed by atoms with van der Waals surface area (Å²) >= 11 is 0. The number of nitrogens with zero attached hydrogens (tertiary/aromatic N) is 1. The van der Waals surface area contributed by atoms with Crippen molar-refractivity contribution in [2.75, 3.05) is 13.7 Å². The summed E-state index contributed by atoms with van der Waals surface area (Å²) in [6.45, 7) is 4.70. The van der Waals surface area contributed by atoms with Crippen LogP contribution in [0.3, 0.4) is 0 Å². The van der Waals surface area contributed by atoms with Crippen LogP contribution in [0.25, 0.3) is 0 Å². The van der Waals surface area contributed by atoms with Crippen LogP contribution in [0.15, 0.2) is 11.3 Å². The first-order valence-corrected chi connectivity index (χ1v) is 8.07. The fourth-order valence-corrected chi connectivity index (χ4v) is 2.82. The standard InChI is InChI=1S/C16H23F3N2O4/c1-5-7-8-11(22)20-15(16(17,18)19)12(13(23)25-4)10(3)21(9-6-2)14(15)24/h5-9H2,1-4H3,(H,20,22)/t15-/m1/s1. The molecular weight excluding hydrogens is 341 g/mol. The van der Waals surface area contributed by atoms with Crippen molar-refractivity contribution in [3.05, 3.63) is 11.3 Å². The summed E-state index contributed by atoms with van der Waals surface area (Å²) in [6.07, 6.45) is -4.03. The highest BCUT2D eigenvalue weighted by Crippen LogP contribution is 2.45. The number of carbonyl (C=O) groups is 3. The van der Waals surface area contributed by atoms with E-state index in [1.54, 1.807) is 19.2 Å². The van der Waals surface area contributed by atoms with Gasteiger partial charge in [-0.25, -0.2) is 4.79 Å². The maximum absolute atomic E-state index is 14.0. The molecule has 1 N–H and O–H groups in total. The summed E-state index contributed by atoms with van der Waals surface area (Å²) in [5.74, 6) is -3.62. The third-order valence-electron chi connectivity index (χ3n) is 4.05. The fourth-order valence-electron chi connectivity index (χ4n) is 2.82. The number of allylic oxidation sites excluding steroid dienone is 1. The minimum Gasteiger partial charge on any atom is -0.466 e. The molecule has 0 saturated carbocycles. The smallest absolute Gasteiger partial charge is 0.425 e. The zero-order chi connectivity index (χ0) is 19.4. The predicted octanol–water partition coefficient (Wildman–Crippen LogP) is 2.29. The van der Waals surface area contributed by atoms with E-state index in [0.717, 1.165) is 12.0 Å². The summed E-state index contributed by atoms with van der Waals surface area (Å²) in [6, 6.07) is 0. The molecule has 0 aromatic heterocycles. The van der Waals surface area contributed by atoms with Crippen LogP contribution in [0.2, 0.25) is 0 Å². The molecule has 1 heterocycles. The molecule has 1 aliphatic heterocycles. The van der Waals surface area contributed by atoms with Crippen molar-refractivity contribution < 1.29 is 32.3 Å². The van der Waals surface area contributed by atoms with Crippen LogP contribution in [-0.2, 0) is 19.1 Å². The molecule has 0 radical (unpaired) electrons. The first-order valence-electron chi connectivity index (χ1n) is 8.07. The Labute approximate surface area is 144 Å². The highest BCUT2D eigenvalue weighted by atomic mass is 19.4. The van der Waals surface area contributed by atoms with Gasteiger partial charge >= 0.3 is 12.1 Å². The lowest BCUT2D eigenvalue weighted by molar-refractivity contribution is -0.196. The molecule has 1 aliphatic rings. The first-order chi connectivity index (χ1) is 11.6. The van der Waals surface area contributed by atoms with E-state index >= 15 is 0 Å². The molecule has 6 nitrogen and oxygen atoms in total. The Morgan fingerprint density at radius 3 is 2.28 bits per heavy atom. The van der Waals surface area contributed by atoms with Crippen LogP contribution in [0.1, 0.15) is 46.5 Å². The maximum Gasteiger partial charge on any atom is 0.425 e. The van der Waals surface area contributed by atoms with Gasteiger partial charge in [0.25, 0.3) is 5.91 Å². The van der Waals surface area contributed by atoms with E-state index in [4.69, 9.17) is 0 Å². The van der Waals surface area contributed by atoms with Gasteiger partial charge in [0.2, 0.25) is 11.4 Å². The highest BCUT2D eigenvalue weighted by Gasteiger charge is 2.70. The van der Waals surface area contributed by atoms with E-state index in [9.17, 15) is 27.6 Å². The quantitative estimate of drug-likeness (QED) is 0.704. The lowest BCUT2D eigenvalue weighted by Gasteiger charge is -2.33. The Hall–Kier alpha value is -2.06. The maximum atomic E-state index is 14.0. The van der Waals surface area contributed by atoms with Crippen LogP contribution < -0.4 is 5.32 Å². The molecule has 1 rings (SSSR count). The number of rotatable bonds is 7. The Kier molecular flexibility index (Phi) is 6.61. The number of hydrogen-bond donors (Lipinski definition) is 1. The Balaban J connectivity index is 3.53. The number of hydrogen-bond acceptors (Lipinski definition) is 4. The minimum atomic E-state index is -5.20. The van der Waals surface area contributed by atoms with Gasteiger partial charge in [-0.1, -0.05) is 20.3 Å². The monoisotopic (exact) mass is 364 g/mol. The lowest BCUT2D eigenvalue weighted by atomic mass is 9.89. The van der Waals surface area contributed by atoms with E-state index < -0.39 is 35.1 Å². The van der Waals surface area contributed by atoms with Crippen LogP contribution in [-0.4, -0.2) is 48.1 Å². The molecule has 25 heavy (non-hydrogen) atoms. The third kappa shape index (κ3) is 3.64. The second kappa shape index (κ2) is 7.88. The minimum absolute atomic E-state index is 0.00613. The van der Waals surface area contributed by atoms with E-state index in [1.165, 1.54) is 6.92 Å². The summed E-state index contributed by atoms with van der Waals surface area (Å²) in [7, 11) is 0.926. The highest BCUT2D eigenvalue weighted by molar-refractivity contribution is 6.10. The van der Waals surface area contributed by atoms with Crippen LogP contribution >= 0.6 is 0 Å². The molecule has 0 spiro atoms. The van der Waals surface area contributed by atoms with Crippen LogP contribution in [0, 0.1) is 0 Å². The Morgan fingerprint density at radius 2 is 1.84 bits per heavy atom. The molecule has 9 heteroatoms. The van der Waals surface area contributed by atoms with Gasteiger partial charge in [-0.3, -0.25) is 9.59 Å². The Bertz CT molecular complexity index is 586. The van der Waals surface area contributed by atoms with Crippen LogP contribution in [0.4, 0.5) is 13.2 Å². The third-order valence-corrected chi connectivity index (χ3v) is 4.05. The summed E-state index contributed by atoms with van der Waals surface area (Å²) in [4.78, 5) is 37.6. The number of nitrogens with one attached hydrogen (secondary N) is 1. The zero-order valence-corrected chi connectivity index (χ0v) is 14.7. The van der Waals surface area contributed by atoms with Gasteiger partial charge in [0.15, 0.2) is 0 Å². The number of unbranched alkanes of at least 4 members (excludes halogenated alkanes) is 1. The van der Waals surface area contributed by atoms with Gasteiger partial charge in [0.1, 0.15) is 5.57 Å². The van der Waals surface area contributed by atoms with E-state index in [2.05, 4.69) is 4.74 Å². The summed E-state index contributed by atoms with van der Waals surface area (Å²) < 4.78 is 46.4. The van der Waals surface area contributed by atoms with Crippen molar-refractivity contribution >= 4 is 17.8 Å². The predicted molar refractivity (Wildman–Crippen MR) is 83.2 cm³/mol. The van der Waals surface area contributed by atoms with Crippen molar-refractivity contribution in [1.29, 1.82) is 0 Å². The average molecular weight is 364 g/mol. The molecule has 1 atom stereocenters. The second-order valence-corrected chi connectivity index (χ2v) is 5.81. The fraction of sp³-hybridized carbons (Fsp3) is 0.688. The largest absolute Gasteiger partial charge is 0.466 e.